The molecule has 0 atom stereocenters. The molecule has 0 aromatic heterocycles. The highest BCUT2D eigenvalue weighted by molar-refractivity contribution is 5.98. The molecule has 0 aromatic rings. The van der Waals surface area contributed by atoms with Gasteiger partial charge < -0.3 is 16.6 Å². The quantitative estimate of drug-likeness (QED) is 0.307. The second-order valence-electron chi connectivity index (χ2n) is 2.47. The van der Waals surface area contributed by atoms with Gasteiger partial charge in [-0.2, -0.15) is 0 Å². The van der Waals surface area contributed by atoms with Crippen molar-refractivity contribution in [1.29, 1.82) is 0 Å². The van der Waals surface area contributed by atoms with Crippen molar-refractivity contribution in [3.05, 3.63) is 0 Å². The maximum absolute atomic E-state index is 8.64. The molecule has 0 spiro atoms. The molecule has 12 heavy (non-hydrogen) atoms. The van der Waals surface area contributed by atoms with Crippen LogP contribution < -0.4 is 22.5 Å². The van der Waals surface area contributed by atoms with E-state index in [1.807, 2.05) is 0 Å². The summed E-state index contributed by atoms with van der Waals surface area (Å²) in [6.07, 6.45) is 0.191. The standard InChI is InChI=1S/C5H12N6O/c6-3-9-4(7)11-5(8,10-3)1-2-12/h12H,1-2,8H2,(H5,6,7,9,10,11). The van der Waals surface area contributed by atoms with Crippen molar-refractivity contribution in [3.63, 3.8) is 0 Å². The number of hydrogen-bond donors (Lipinski definition) is 5. The SMILES string of the molecule is NC1=NC(N)(CCO)N=C(N)N1. The Hall–Kier alpha value is -1.34. The minimum atomic E-state index is -1.21. The lowest BCUT2D eigenvalue weighted by Crippen LogP contribution is -2.53. The molecular formula is C5H12N6O. The van der Waals surface area contributed by atoms with E-state index < -0.39 is 5.79 Å². The van der Waals surface area contributed by atoms with Gasteiger partial charge >= 0.3 is 0 Å². The van der Waals surface area contributed by atoms with E-state index in [-0.39, 0.29) is 24.9 Å². The highest BCUT2D eigenvalue weighted by Gasteiger charge is 2.26. The molecule has 0 radical (unpaired) electrons. The van der Waals surface area contributed by atoms with Gasteiger partial charge in [0.05, 0.1) is 0 Å². The van der Waals surface area contributed by atoms with Gasteiger partial charge in [0.1, 0.15) is 0 Å². The third-order valence-electron chi connectivity index (χ3n) is 1.36. The van der Waals surface area contributed by atoms with Crippen molar-refractivity contribution in [2.45, 2.75) is 12.2 Å². The van der Waals surface area contributed by atoms with Gasteiger partial charge in [-0.3, -0.25) is 11.1 Å². The van der Waals surface area contributed by atoms with Crippen LogP contribution in [0.25, 0.3) is 0 Å². The minimum Gasteiger partial charge on any atom is -0.396 e. The number of nitrogens with one attached hydrogen (secondary N) is 1. The van der Waals surface area contributed by atoms with Crippen LogP contribution in [0.15, 0.2) is 9.98 Å². The summed E-state index contributed by atoms with van der Waals surface area (Å²) in [6, 6.07) is 0. The average Bonchev–Trinajstić information content (AvgIpc) is 1.82. The van der Waals surface area contributed by atoms with E-state index >= 15 is 0 Å². The molecule has 0 saturated heterocycles. The molecule has 0 aromatic carbocycles. The van der Waals surface area contributed by atoms with E-state index in [9.17, 15) is 0 Å². The van der Waals surface area contributed by atoms with Crippen LogP contribution in [-0.4, -0.2) is 29.4 Å². The number of aliphatic hydroxyl groups excluding tert-OH is 1. The van der Waals surface area contributed by atoms with Crippen molar-refractivity contribution in [2.24, 2.45) is 27.2 Å². The summed E-state index contributed by atoms with van der Waals surface area (Å²) < 4.78 is 0. The first-order chi connectivity index (χ1) is 5.56. The fourth-order valence-electron chi connectivity index (χ4n) is 0.906. The van der Waals surface area contributed by atoms with Crippen LogP contribution >= 0.6 is 0 Å². The number of nitrogens with two attached hydrogens (primary N) is 3. The van der Waals surface area contributed by atoms with E-state index in [0.717, 1.165) is 0 Å². The van der Waals surface area contributed by atoms with Crippen LogP contribution in [0.2, 0.25) is 0 Å². The van der Waals surface area contributed by atoms with E-state index in [0.29, 0.717) is 0 Å². The predicted molar refractivity (Wildman–Crippen MR) is 45.0 cm³/mol. The summed E-state index contributed by atoms with van der Waals surface area (Å²) in [6.45, 7) is -0.121. The fraction of sp³-hybridized carbons (Fsp3) is 0.600. The van der Waals surface area contributed by atoms with Crippen molar-refractivity contribution in [3.8, 4) is 0 Å². The largest absolute Gasteiger partial charge is 0.396 e. The zero-order chi connectivity index (χ0) is 9.19. The Labute approximate surface area is 69.3 Å². The van der Waals surface area contributed by atoms with Crippen LogP contribution in [0.1, 0.15) is 6.42 Å². The molecule has 0 unspecified atom stereocenters. The van der Waals surface area contributed by atoms with Crippen molar-refractivity contribution in [2.75, 3.05) is 6.61 Å². The Balaban J connectivity index is 2.81. The van der Waals surface area contributed by atoms with Gasteiger partial charge in [-0.25, -0.2) is 9.98 Å². The van der Waals surface area contributed by atoms with Crippen LogP contribution in [0, 0.1) is 0 Å². The summed E-state index contributed by atoms with van der Waals surface area (Å²) in [5.74, 6) is -0.995. The Morgan fingerprint density at radius 3 is 2.25 bits per heavy atom. The fourth-order valence-corrected chi connectivity index (χ4v) is 0.906. The van der Waals surface area contributed by atoms with Gasteiger partial charge in [0.15, 0.2) is 11.9 Å². The first-order valence-corrected chi connectivity index (χ1v) is 3.43. The molecule has 1 rings (SSSR count). The molecule has 68 valence electrons. The van der Waals surface area contributed by atoms with Gasteiger partial charge in [-0.05, 0) is 0 Å². The van der Waals surface area contributed by atoms with Crippen LogP contribution in [0.4, 0.5) is 0 Å². The Morgan fingerprint density at radius 2 is 1.83 bits per heavy atom. The van der Waals surface area contributed by atoms with Crippen molar-refractivity contribution < 1.29 is 5.11 Å². The van der Waals surface area contributed by atoms with E-state index in [4.69, 9.17) is 22.3 Å². The monoisotopic (exact) mass is 172 g/mol. The van der Waals surface area contributed by atoms with Gasteiger partial charge in [-0.15, -0.1) is 0 Å². The Morgan fingerprint density at radius 1 is 1.33 bits per heavy atom. The first-order valence-electron chi connectivity index (χ1n) is 3.43. The summed E-state index contributed by atoms with van der Waals surface area (Å²) in [5.41, 5.74) is 16.3. The molecule has 1 heterocycles. The highest BCUT2D eigenvalue weighted by Crippen LogP contribution is 2.11. The minimum absolute atomic E-state index is 0.110. The zero-order valence-corrected chi connectivity index (χ0v) is 6.49. The van der Waals surface area contributed by atoms with E-state index in [2.05, 4.69) is 15.3 Å². The smallest absolute Gasteiger partial charge is 0.211 e. The lowest BCUT2D eigenvalue weighted by atomic mass is 10.2. The molecule has 0 saturated carbocycles. The number of guanidine groups is 2. The number of rotatable bonds is 2. The van der Waals surface area contributed by atoms with Crippen LogP contribution in [0.5, 0.6) is 0 Å². The lowest BCUT2D eigenvalue weighted by Gasteiger charge is -2.24. The normalized spacial score (nSPS) is 20.8. The van der Waals surface area contributed by atoms with E-state index in [1.165, 1.54) is 0 Å². The molecule has 0 amide bonds. The molecule has 1 aliphatic rings. The molecule has 0 bridgehead atoms. The third kappa shape index (κ3) is 1.83. The maximum atomic E-state index is 8.64. The molecule has 0 aliphatic carbocycles. The van der Waals surface area contributed by atoms with Gasteiger partial charge in [0, 0.05) is 13.0 Å². The Kier molecular flexibility index (Phi) is 2.15. The van der Waals surface area contributed by atoms with Gasteiger partial charge in [-0.1, -0.05) is 0 Å². The molecule has 0 fully saturated rings. The molecular weight excluding hydrogens is 160 g/mol. The lowest BCUT2D eigenvalue weighted by molar-refractivity contribution is 0.244. The molecule has 7 nitrogen and oxygen atoms in total. The topological polar surface area (TPSA) is 135 Å². The van der Waals surface area contributed by atoms with E-state index in [1.54, 1.807) is 0 Å². The van der Waals surface area contributed by atoms with Crippen LogP contribution in [0.3, 0.4) is 0 Å². The molecule has 1 aliphatic heterocycles. The second kappa shape index (κ2) is 2.95. The predicted octanol–water partition coefficient (Wildman–Crippen LogP) is -2.79. The summed E-state index contributed by atoms with van der Waals surface area (Å²) in [5, 5.41) is 11.1. The average molecular weight is 172 g/mol. The summed E-state index contributed by atoms with van der Waals surface area (Å²) >= 11 is 0. The van der Waals surface area contributed by atoms with Crippen molar-refractivity contribution in [1.82, 2.24) is 5.32 Å². The maximum Gasteiger partial charge on any atom is 0.211 e. The van der Waals surface area contributed by atoms with Crippen molar-refractivity contribution >= 4 is 11.9 Å². The Bertz CT molecular complexity index is 216. The van der Waals surface area contributed by atoms with Crippen LogP contribution in [-0.2, 0) is 0 Å². The zero-order valence-electron chi connectivity index (χ0n) is 6.49. The summed E-state index contributed by atoms with van der Waals surface area (Å²) in [4.78, 5) is 7.58. The second-order valence-corrected chi connectivity index (χ2v) is 2.47. The number of hydrogen-bond acceptors (Lipinski definition) is 7. The molecule has 8 N–H and O–H groups in total. The number of aliphatic imine (C=N–C) groups is 2. The van der Waals surface area contributed by atoms with Gasteiger partial charge in [0.2, 0.25) is 5.79 Å². The van der Waals surface area contributed by atoms with Gasteiger partial charge in [0.25, 0.3) is 0 Å². The highest BCUT2D eigenvalue weighted by atomic mass is 16.3. The third-order valence-corrected chi connectivity index (χ3v) is 1.36. The summed E-state index contributed by atoms with van der Waals surface area (Å²) in [7, 11) is 0. The number of aliphatic hydroxyl groups is 1. The molecule has 7 heteroatoms. The number of nitrogens with zero attached hydrogens (tertiary/aromatic N) is 2. The first kappa shape index (κ1) is 8.75.